The summed E-state index contributed by atoms with van der Waals surface area (Å²) >= 11 is 1.46. The molecule has 0 aliphatic carbocycles. The van der Waals surface area contributed by atoms with E-state index < -0.39 is 18.0 Å². The van der Waals surface area contributed by atoms with Gasteiger partial charge in [-0.3, -0.25) is 9.59 Å². The van der Waals surface area contributed by atoms with E-state index >= 15 is 0 Å². The Hall–Kier alpha value is -2.09. The Morgan fingerprint density at radius 2 is 2.21 bits per heavy atom. The third-order valence-corrected chi connectivity index (χ3v) is 5.21. The molecule has 1 aliphatic heterocycles. The van der Waals surface area contributed by atoms with Crippen molar-refractivity contribution in [2.24, 2.45) is 5.73 Å². The summed E-state index contributed by atoms with van der Waals surface area (Å²) in [6, 6.07) is 2.56. The van der Waals surface area contributed by atoms with Crippen molar-refractivity contribution >= 4 is 29.2 Å². The summed E-state index contributed by atoms with van der Waals surface area (Å²) in [6.07, 6.45) is 3.40. The fourth-order valence-corrected chi connectivity index (χ4v) is 3.87. The van der Waals surface area contributed by atoms with Crippen LogP contribution in [0, 0.1) is 0 Å². The molecule has 7 nitrogen and oxygen atoms in total. The van der Waals surface area contributed by atoms with Crippen molar-refractivity contribution in [1.82, 2.24) is 10.2 Å². The van der Waals surface area contributed by atoms with Gasteiger partial charge in [0.15, 0.2) is 0 Å². The number of nitrogens with zero attached hydrogens (tertiary/aromatic N) is 1. The van der Waals surface area contributed by atoms with Crippen LogP contribution in [0.3, 0.4) is 0 Å². The summed E-state index contributed by atoms with van der Waals surface area (Å²) in [7, 11) is 0. The van der Waals surface area contributed by atoms with Gasteiger partial charge in [-0.25, -0.2) is 4.79 Å². The van der Waals surface area contributed by atoms with E-state index in [1.54, 1.807) is 4.90 Å². The molecule has 2 atom stereocenters. The number of carbonyl (C=O) groups excluding carboxylic acids is 2. The zero-order chi connectivity index (χ0) is 17.5. The van der Waals surface area contributed by atoms with Crippen molar-refractivity contribution in [3.05, 3.63) is 22.4 Å². The second-order valence-corrected chi connectivity index (χ2v) is 6.93. The number of likely N-dealkylation sites (tertiary alicyclic amines) is 1. The van der Waals surface area contributed by atoms with Crippen molar-refractivity contribution in [3.63, 3.8) is 0 Å². The summed E-state index contributed by atoms with van der Waals surface area (Å²) in [6.45, 7) is 0.636. The molecule has 1 aliphatic rings. The van der Waals surface area contributed by atoms with Gasteiger partial charge in [0.2, 0.25) is 5.91 Å². The fourth-order valence-electron chi connectivity index (χ4n) is 3.10. The zero-order valence-corrected chi connectivity index (χ0v) is 14.3. The lowest BCUT2D eigenvalue weighted by Gasteiger charge is -2.36. The first-order valence-electron chi connectivity index (χ1n) is 8.08. The summed E-state index contributed by atoms with van der Waals surface area (Å²) in [5.41, 5.74) is 5.23. The molecular formula is C16H23N3O4S. The lowest BCUT2D eigenvalue weighted by atomic mass is 9.97. The number of nitrogens with two attached hydrogens (primary N) is 1. The van der Waals surface area contributed by atoms with Crippen molar-refractivity contribution in [3.8, 4) is 0 Å². The van der Waals surface area contributed by atoms with E-state index in [4.69, 9.17) is 10.8 Å². The Kier molecular flexibility index (Phi) is 6.60. The number of hydrogen-bond acceptors (Lipinski definition) is 4. The largest absolute Gasteiger partial charge is 0.481 e. The Morgan fingerprint density at radius 1 is 1.42 bits per heavy atom. The molecule has 1 aromatic heterocycles. The SMILES string of the molecule is NC(=O)NC(CC(=O)N1CCCCC1CCC(=O)O)c1cccs1. The van der Waals surface area contributed by atoms with Crippen molar-refractivity contribution in [2.75, 3.05) is 6.54 Å². The minimum atomic E-state index is -0.847. The number of primary amides is 1. The van der Waals surface area contributed by atoms with Crippen LogP contribution in [-0.4, -0.2) is 40.5 Å². The Balaban J connectivity index is 2.03. The van der Waals surface area contributed by atoms with Gasteiger partial charge in [-0.15, -0.1) is 11.3 Å². The fraction of sp³-hybridized carbons (Fsp3) is 0.562. The first kappa shape index (κ1) is 18.3. The van der Waals surface area contributed by atoms with E-state index in [2.05, 4.69) is 5.32 Å². The van der Waals surface area contributed by atoms with Gasteiger partial charge in [-0.1, -0.05) is 6.07 Å². The first-order valence-corrected chi connectivity index (χ1v) is 8.96. The number of amides is 3. The summed E-state index contributed by atoms with van der Waals surface area (Å²) in [5, 5.41) is 13.4. The van der Waals surface area contributed by atoms with E-state index in [1.165, 1.54) is 11.3 Å². The predicted octanol–water partition coefficient (Wildman–Crippen LogP) is 2.09. The van der Waals surface area contributed by atoms with Crippen LogP contribution < -0.4 is 11.1 Å². The number of carbonyl (C=O) groups is 3. The zero-order valence-electron chi connectivity index (χ0n) is 13.4. The van der Waals surface area contributed by atoms with Gasteiger partial charge < -0.3 is 21.1 Å². The third-order valence-electron chi connectivity index (χ3n) is 4.22. The van der Waals surface area contributed by atoms with Gasteiger partial charge in [-0.2, -0.15) is 0 Å². The Labute approximate surface area is 144 Å². The second kappa shape index (κ2) is 8.68. The van der Waals surface area contributed by atoms with Crippen LogP contribution in [0.5, 0.6) is 0 Å². The van der Waals surface area contributed by atoms with Gasteiger partial charge >= 0.3 is 12.0 Å². The quantitative estimate of drug-likeness (QED) is 0.696. The minimum Gasteiger partial charge on any atom is -0.481 e. The van der Waals surface area contributed by atoms with Crippen molar-refractivity contribution in [1.29, 1.82) is 0 Å². The topological polar surface area (TPSA) is 113 Å². The molecule has 2 rings (SSSR count). The average Bonchev–Trinajstić information content (AvgIpc) is 3.06. The van der Waals surface area contributed by atoms with E-state index in [9.17, 15) is 14.4 Å². The molecule has 1 aromatic rings. The number of thiophene rings is 1. The highest BCUT2D eigenvalue weighted by Crippen LogP contribution is 2.26. The van der Waals surface area contributed by atoms with Gasteiger partial charge in [0.05, 0.1) is 12.5 Å². The van der Waals surface area contributed by atoms with Crippen LogP contribution in [0.15, 0.2) is 17.5 Å². The Morgan fingerprint density at radius 3 is 2.83 bits per heavy atom. The van der Waals surface area contributed by atoms with Crippen LogP contribution in [-0.2, 0) is 9.59 Å². The highest BCUT2D eigenvalue weighted by Gasteiger charge is 2.29. The molecule has 24 heavy (non-hydrogen) atoms. The van der Waals surface area contributed by atoms with Crippen LogP contribution >= 0.6 is 11.3 Å². The molecule has 8 heteroatoms. The predicted molar refractivity (Wildman–Crippen MR) is 90.6 cm³/mol. The van der Waals surface area contributed by atoms with Gasteiger partial charge in [-0.05, 0) is 37.1 Å². The van der Waals surface area contributed by atoms with Crippen LogP contribution in [0.2, 0.25) is 0 Å². The summed E-state index contributed by atoms with van der Waals surface area (Å²) in [4.78, 5) is 37.4. The van der Waals surface area contributed by atoms with E-state index in [0.717, 1.165) is 24.1 Å². The van der Waals surface area contributed by atoms with Crippen molar-refractivity contribution in [2.45, 2.75) is 50.6 Å². The molecule has 0 radical (unpaired) electrons. The van der Waals surface area contributed by atoms with Crippen LogP contribution in [0.1, 0.15) is 49.4 Å². The highest BCUT2D eigenvalue weighted by molar-refractivity contribution is 7.10. The second-order valence-electron chi connectivity index (χ2n) is 5.95. The number of piperidine rings is 1. The molecule has 0 bridgehead atoms. The molecule has 4 N–H and O–H groups in total. The maximum Gasteiger partial charge on any atom is 0.312 e. The lowest BCUT2D eigenvalue weighted by Crippen LogP contribution is -2.45. The molecule has 1 saturated heterocycles. The number of carboxylic acids is 1. The van der Waals surface area contributed by atoms with Crippen LogP contribution in [0.25, 0.3) is 0 Å². The standard InChI is InChI=1S/C16H23N3O4S/c17-16(23)18-12(13-5-3-9-24-13)10-14(20)19-8-2-1-4-11(19)6-7-15(21)22/h3,5,9,11-12H,1-2,4,6-8,10H2,(H,21,22)(H3,17,18,23). The molecule has 3 amide bonds. The highest BCUT2D eigenvalue weighted by atomic mass is 32.1. The average molecular weight is 353 g/mol. The minimum absolute atomic E-state index is 0.0417. The number of nitrogens with one attached hydrogen (secondary N) is 1. The molecule has 132 valence electrons. The van der Waals surface area contributed by atoms with E-state index in [0.29, 0.717) is 13.0 Å². The van der Waals surface area contributed by atoms with Gasteiger partial charge in [0.1, 0.15) is 0 Å². The molecule has 1 fully saturated rings. The lowest BCUT2D eigenvalue weighted by molar-refractivity contribution is -0.140. The third kappa shape index (κ3) is 5.23. The van der Waals surface area contributed by atoms with E-state index in [1.807, 2.05) is 17.5 Å². The number of carboxylic acid groups (broad SMARTS) is 1. The number of aliphatic carboxylic acids is 1. The normalized spacial score (nSPS) is 18.8. The number of hydrogen-bond donors (Lipinski definition) is 3. The molecule has 0 saturated carbocycles. The van der Waals surface area contributed by atoms with E-state index in [-0.39, 0.29) is 24.8 Å². The summed E-state index contributed by atoms with van der Waals surface area (Å²) < 4.78 is 0. The van der Waals surface area contributed by atoms with Gasteiger partial charge in [0, 0.05) is 23.9 Å². The monoisotopic (exact) mass is 353 g/mol. The molecule has 2 unspecified atom stereocenters. The Bertz CT molecular complexity index is 576. The molecule has 2 heterocycles. The van der Waals surface area contributed by atoms with Crippen LogP contribution in [0.4, 0.5) is 4.79 Å². The maximum atomic E-state index is 12.7. The number of rotatable bonds is 7. The van der Waals surface area contributed by atoms with Gasteiger partial charge in [0.25, 0.3) is 0 Å². The summed E-state index contributed by atoms with van der Waals surface area (Å²) in [5.74, 6) is -0.919. The first-order chi connectivity index (χ1) is 11.5. The molecular weight excluding hydrogens is 330 g/mol. The maximum absolute atomic E-state index is 12.7. The smallest absolute Gasteiger partial charge is 0.312 e. The molecule has 0 spiro atoms. The van der Waals surface area contributed by atoms with Crippen molar-refractivity contribution < 1.29 is 19.5 Å². The number of urea groups is 1. The molecule has 0 aromatic carbocycles.